The summed E-state index contributed by atoms with van der Waals surface area (Å²) in [6, 6.07) is 4.04. The number of carbonyl (C=O) groups is 1. The average Bonchev–Trinajstić information content (AvgIpc) is 3.09. The molecule has 0 atom stereocenters. The van der Waals surface area contributed by atoms with E-state index in [4.69, 9.17) is 9.84 Å². The van der Waals surface area contributed by atoms with E-state index in [0.717, 1.165) is 0 Å². The first-order valence-electron chi connectivity index (χ1n) is 5.07. The third-order valence-electron chi connectivity index (χ3n) is 3.07. The normalized spacial score (nSPS) is 16.3. The van der Waals surface area contributed by atoms with Gasteiger partial charge in [0.05, 0.1) is 23.5 Å². The molecule has 0 saturated heterocycles. The monoisotopic (exact) mass is 237 g/mol. The van der Waals surface area contributed by atoms with E-state index in [9.17, 15) is 14.9 Å². The maximum atomic E-state index is 11.2. The Kier molecular flexibility index (Phi) is 2.49. The second-order valence-electron chi connectivity index (χ2n) is 4.03. The lowest BCUT2D eigenvalue weighted by Crippen LogP contribution is -2.20. The Morgan fingerprint density at radius 1 is 1.53 bits per heavy atom. The second-order valence-corrected chi connectivity index (χ2v) is 4.03. The van der Waals surface area contributed by atoms with Gasteiger partial charge in [-0.2, -0.15) is 0 Å². The van der Waals surface area contributed by atoms with E-state index in [1.807, 2.05) is 0 Å². The minimum atomic E-state index is -0.916. The fourth-order valence-electron chi connectivity index (χ4n) is 1.91. The molecule has 0 amide bonds. The van der Waals surface area contributed by atoms with Crippen LogP contribution in [0.2, 0.25) is 0 Å². The van der Waals surface area contributed by atoms with Crippen molar-refractivity contribution in [2.75, 3.05) is 7.11 Å². The van der Waals surface area contributed by atoms with Crippen LogP contribution in [-0.2, 0) is 10.2 Å². The van der Waals surface area contributed by atoms with Gasteiger partial charge in [-0.3, -0.25) is 14.9 Å². The number of nitro groups is 1. The standard InChI is InChI=1S/C11H11NO5/c1-17-9-6-7(12(15)16)2-3-8(9)11(4-5-11)10(13)14/h2-3,6H,4-5H2,1H3,(H,13,14). The molecule has 0 heterocycles. The van der Waals surface area contributed by atoms with Crippen molar-refractivity contribution in [3.05, 3.63) is 33.9 Å². The molecule has 0 aliphatic heterocycles. The minimum Gasteiger partial charge on any atom is -0.496 e. The number of nitrogens with zero attached hydrogens (tertiary/aromatic N) is 1. The van der Waals surface area contributed by atoms with E-state index in [2.05, 4.69) is 0 Å². The van der Waals surface area contributed by atoms with Crippen LogP contribution in [-0.4, -0.2) is 23.1 Å². The molecule has 1 fully saturated rings. The van der Waals surface area contributed by atoms with Gasteiger partial charge in [-0.1, -0.05) is 0 Å². The van der Waals surface area contributed by atoms with Gasteiger partial charge in [0.15, 0.2) is 0 Å². The van der Waals surface area contributed by atoms with Crippen LogP contribution >= 0.6 is 0 Å². The summed E-state index contributed by atoms with van der Waals surface area (Å²) >= 11 is 0. The van der Waals surface area contributed by atoms with Crippen molar-refractivity contribution in [1.29, 1.82) is 0 Å². The van der Waals surface area contributed by atoms with Crippen molar-refractivity contribution >= 4 is 11.7 Å². The summed E-state index contributed by atoms with van der Waals surface area (Å²) in [6.45, 7) is 0. The molecule has 1 aliphatic carbocycles. The van der Waals surface area contributed by atoms with Crippen LogP contribution < -0.4 is 4.74 Å². The molecular formula is C11H11NO5. The van der Waals surface area contributed by atoms with E-state index < -0.39 is 16.3 Å². The Morgan fingerprint density at radius 2 is 2.18 bits per heavy atom. The summed E-state index contributed by atoms with van der Waals surface area (Å²) in [5.41, 5.74) is -0.509. The van der Waals surface area contributed by atoms with Crippen LogP contribution in [0.5, 0.6) is 5.75 Å². The number of carboxylic acids is 1. The zero-order valence-electron chi connectivity index (χ0n) is 9.17. The summed E-state index contributed by atoms with van der Waals surface area (Å²) in [5.74, 6) is -0.649. The first-order chi connectivity index (χ1) is 8.01. The Hall–Kier alpha value is -2.11. The summed E-state index contributed by atoms with van der Waals surface area (Å²) in [5, 5.41) is 19.8. The molecule has 0 unspecified atom stereocenters. The smallest absolute Gasteiger partial charge is 0.314 e. The van der Waals surface area contributed by atoms with Crippen molar-refractivity contribution in [2.45, 2.75) is 18.3 Å². The van der Waals surface area contributed by atoms with Gasteiger partial charge in [0, 0.05) is 11.6 Å². The second kappa shape index (κ2) is 3.73. The fourth-order valence-corrected chi connectivity index (χ4v) is 1.91. The summed E-state index contributed by atoms with van der Waals surface area (Å²) < 4.78 is 5.04. The number of nitro benzene ring substituents is 1. The molecule has 0 bridgehead atoms. The van der Waals surface area contributed by atoms with E-state index >= 15 is 0 Å². The average molecular weight is 237 g/mol. The van der Waals surface area contributed by atoms with E-state index in [-0.39, 0.29) is 11.4 Å². The highest BCUT2D eigenvalue weighted by molar-refractivity contribution is 5.86. The molecular weight excluding hydrogens is 226 g/mol. The number of methoxy groups -OCH3 is 1. The molecule has 1 aliphatic rings. The number of aliphatic carboxylic acids is 1. The third-order valence-corrected chi connectivity index (χ3v) is 3.07. The zero-order valence-corrected chi connectivity index (χ0v) is 9.17. The van der Waals surface area contributed by atoms with Crippen molar-refractivity contribution in [3.63, 3.8) is 0 Å². The van der Waals surface area contributed by atoms with Crippen molar-refractivity contribution in [1.82, 2.24) is 0 Å². The molecule has 6 nitrogen and oxygen atoms in total. The van der Waals surface area contributed by atoms with Crippen molar-refractivity contribution in [2.24, 2.45) is 0 Å². The number of non-ortho nitro benzene ring substituents is 1. The lowest BCUT2D eigenvalue weighted by Gasteiger charge is -2.14. The molecule has 17 heavy (non-hydrogen) atoms. The largest absolute Gasteiger partial charge is 0.496 e. The number of ether oxygens (including phenoxy) is 1. The molecule has 1 aromatic carbocycles. The summed E-state index contributed by atoms with van der Waals surface area (Å²) in [4.78, 5) is 21.3. The number of rotatable bonds is 4. The van der Waals surface area contributed by atoms with Gasteiger partial charge >= 0.3 is 5.97 Å². The maximum absolute atomic E-state index is 11.2. The lowest BCUT2D eigenvalue weighted by atomic mass is 9.95. The highest BCUT2D eigenvalue weighted by Crippen LogP contribution is 2.52. The molecule has 0 radical (unpaired) electrons. The molecule has 6 heteroatoms. The molecule has 90 valence electrons. The topological polar surface area (TPSA) is 89.7 Å². The summed E-state index contributed by atoms with van der Waals surface area (Å²) in [7, 11) is 1.38. The lowest BCUT2D eigenvalue weighted by molar-refractivity contribution is -0.384. The Morgan fingerprint density at radius 3 is 2.59 bits per heavy atom. The van der Waals surface area contributed by atoms with Crippen molar-refractivity contribution < 1.29 is 19.6 Å². The van der Waals surface area contributed by atoms with E-state index in [1.54, 1.807) is 0 Å². The zero-order chi connectivity index (χ0) is 12.6. The van der Waals surface area contributed by atoms with Gasteiger partial charge in [-0.25, -0.2) is 0 Å². The first-order valence-corrected chi connectivity index (χ1v) is 5.07. The Labute approximate surface area is 97.0 Å². The Bertz CT molecular complexity index is 493. The molecule has 1 saturated carbocycles. The number of hydrogen-bond acceptors (Lipinski definition) is 4. The van der Waals surface area contributed by atoms with Crippen LogP contribution in [0, 0.1) is 10.1 Å². The number of hydrogen-bond donors (Lipinski definition) is 1. The number of carboxylic acid groups (broad SMARTS) is 1. The van der Waals surface area contributed by atoms with Gasteiger partial charge in [-0.15, -0.1) is 0 Å². The van der Waals surface area contributed by atoms with Crippen LogP contribution in [0.15, 0.2) is 18.2 Å². The van der Waals surface area contributed by atoms with Crippen LogP contribution in [0.4, 0.5) is 5.69 Å². The fraction of sp³-hybridized carbons (Fsp3) is 0.364. The predicted octanol–water partition coefficient (Wildman–Crippen LogP) is 1.72. The van der Waals surface area contributed by atoms with Gasteiger partial charge in [-0.05, 0) is 18.9 Å². The van der Waals surface area contributed by atoms with Crippen LogP contribution in [0.3, 0.4) is 0 Å². The van der Waals surface area contributed by atoms with Gasteiger partial charge in [0.25, 0.3) is 5.69 Å². The summed E-state index contributed by atoms with van der Waals surface area (Å²) in [6.07, 6.45) is 1.08. The third kappa shape index (κ3) is 1.71. The van der Waals surface area contributed by atoms with E-state index in [0.29, 0.717) is 18.4 Å². The quantitative estimate of drug-likeness (QED) is 0.636. The van der Waals surface area contributed by atoms with Gasteiger partial charge < -0.3 is 9.84 Å². The highest BCUT2D eigenvalue weighted by Gasteiger charge is 2.53. The van der Waals surface area contributed by atoms with Crippen LogP contribution in [0.25, 0.3) is 0 Å². The maximum Gasteiger partial charge on any atom is 0.314 e. The minimum absolute atomic E-state index is 0.105. The Balaban J connectivity index is 2.49. The molecule has 1 N–H and O–H groups in total. The highest BCUT2D eigenvalue weighted by atomic mass is 16.6. The van der Waals surface area contributed by atoms with E-state index in [1.165, 1.54) is 25.3 Å². The van der Waals surface area contributed by atoms with Crippen LogP contribution in [0.1, 0.15) is 18.4 Å². The molecule has 1 aromatic rings. The SMILES string of the molecule is COc1cc([N+](=O)[O-])ccc1C1(C(=O)O)CC1. The first kappa shape index (κ1) is 11.4. The molecule has 0 aromatic heterocycles. The van der Waals surface area contributed by atoms with Gasteiger partial charge in [0.1, 0.15) is 5.75 Å². The van der Waals surface area contributed by atoms with Gasteiger partial charge in [0.2, 0.25) is 0 Å². The van der Waals surface area contributed by atoms with Crippen molar-refractivity contribution in [3.8, 4) is 5.75 Å². The number of benzene rings is 1. The molecule has 2 rings (SSSR count). The molecule has 0 spiro atoms. The predicted molar refractivity (Wildman–Crippen MR) is 58.2 cm³/mol.